The Labute approximate surface area is 202 Å². The third-order valence-electron chi connectivity index (χ3n) is 8.57. The van der Waals surface area contributed by atoms with Crippen LogP contribution in [0.3, 0.4) is 0 Å². The number of nitrogens with one attached hydrogen (secondary N) is 1. The van der Waals surface area contributed by atoms with Gasteiger partial charge >= 0.3 is 0 Å². The summed E-state index contributed by atoms with van der Waals surface area (Å²) in [6, 6.07) is 15.8. The first-order chi connectivity index (χ1) is 16.6. The minimum Gasteiger partial charge on any atom is -0.378 e. The van der Waals surface area contributed by atoms with E-state index in [0.29, 0.717) is 18.1 Å². The van der Waals surface area contributed by atoms with Gasteiger partial charge in [0.25, 0.3) is 0 Å². The molecule has 0 amide bonds. The molecule has 0 radical (unpaired) electrons. The van der Waals surface area contributed by atoms with Gasteiger partial charge in [0.1, 0.15) is 0 Å². The average Bonchev–Trinajstić information content (AvgIpc) is 3.48. The van der Waals surface area contributed by atoms with Crippen LogP contribution in [0.2, 0.25) is 0 Å². The number of aromatic nitrogens is 4. The molecule has 2 bridgehead atoms. The Morgan fingerprint density at radius 3 is 2.62 bits per heavy atom. The van der Waals surface area contributed by atoms with Crippen molar-refractivity contribution in [3.05, 3.63) is 70.5 Å². The Hall–Kier alpha value is -2.57. The first kappa shape index (κ1) is 21.9. The molecular weight excluding hydrogens is 422 g/mol. The fourth-order valence-corrected chi connectivity index (χ4v) is 6.44. The molecule has 6 heteroatoms. The van der Waals surface area contributed by atoms with Crippen molar-refractivity contribution in [1.82, 2.24) is 25.5 Å². The minimum atomic E-state index is 0.0369. The van der Waals surface area contributed by atoms with Crippen molar-refractivity contribution in [2.75, 3.05) is 6.61 Å². The van der Waals surface area contributed by atoms with E-state index >= 15 is 0 Å². The smallest absolute Gasteiger partial charge is 0.174 e. The highest BCUT2D eigenvalue weighted by Crippen LogP contribution is 2.53. The normalized spacial score (nSPS) is 28.7. The van der Waals surface area contributed by atoms with Gasteiger partial charge in [-0.05, 0) is 85.1 Å². The molecule has 1 unspecified atom stereocenters. The summed E-state index contributed by atoms with van der Waals surface area (Å²) in [7, 11) is 0. The number of hydrogen-bond donors (Lipinski definition) is 1. The molecule has 4 aliphatic rings. The maximum atomic E-state index is 6.29. The van der Waals surface area contributed by atoms with Crippen LogP contribution in [0.25, 0.3) is 5.69 Å². The van der Waals surface area contributed by atoms with E-state index in [0.717, 1.165) is 43.8 Å². The number of ether oxygens (including phenoxy) is 1. The zero-order chi connectivity index (χ0) is 23.3. The Morgan fingerprint density at radius 2 is 1.88 bits per heavy atom. The number of hydrogen-bond acceptors (Lipinski definition) is 5. The van der Waals surface area contributed by atoms with Crippen molar-refractivity contribution in [3.63, 3.8) is 0 Å². The number of aryl methyl sites for hydroxylation is 3. The molecule has 3 heterocycles. The maximum Gasteiger partial charge on any atom is 0.174 e. The lowest BCUT2D eigenvalue weighted by molar-refractivity contribution is -0.131. The summed E-state index contributed by atoms with van der Waals surface area (Å²) < 4.78 is 8.31. The summed E-state index contributed by atoms with van der Waals surface area (Å²) in [5, 5.41) is 17.5. The Bertz CT molecular complexity index is 1170. The summed E-state index contributed by atoms with van der Waals surface area (Å²) in [4.78, 5) is 0. The predicted molar refractivity (Wildman–Crippen MR) is 132 cm³/mol. The van der Waals surface area contributed by atoms with Crippen LogP contribution in [0.15, 0.2) is 42.5 Å². The Morgan fingerprint density at radius 1 is 1.09 bits per heavy atom. The summed E-state index contributed by atoms with van der Waals surface area (Å²) in [5.74, 6) is 1.48. The van der Waals surface area contributed by atoms with Crippen molar-refractivity contribution in [3.8, 4) is 5.69 Å². The molecular formula is C28H35N5O. The highest BCUT2D eigenvalue weighted by Gasteiger charge is 2.52. The monoisotopic (exact) mass is 457 g/mol. The molecule has 2 saturated carbocycles. The van der Waals surface area contributed by atoms with E-state index in [1.807, 2.05) is 4.68 Å². The zero-order valence-corrected chi connectivity index (χ0v) is 20.5. The number of rotatable bonds is 7. The number of benzene rings is 2. The van der Waals surface area contributed by atoms with Gasteiger partial charge in [-0.3, -0.25) is 0 Å². The second kappa shape index (κ2) is 8.58. The molecule has 0 spiro atoms. The van der Waals surface area contributed by atoms with Crippen molar-refractivity contribution in [2.45, 2.75) is 83.4 Å². The van der Waals surface area contributed by atoms with E-state index in [-0.39, 0.29) is 11.5 Å². The fourth-order valence-electron chi connectivity index (χ4n) is 6.44. The van der Waals surface area contributed by atoms with Crippen LogP contribution in [-0.2, 0) is 11.2 Å². The SMILES string of the molecule is CCc1cccc(C)c1-n1nnnc1C(N[C@@H]1C[C@H]1c1ccccc1C)C12CCC(CC1)OC2. The van der Waals surface area contributed by atoms with Gasteiger partial charge in [-0.2, -0.15) is 4.68 Å². The van der Waals surface area contributed by atoms with Gasteiger partial charge in [-0.15, -0.1) is 5.10 Å². The predicted octanol–water partition coefficient (Wildman–Crippen LogP) is 4.99. The topological polar surface area (TPSA) is 64.9 Å². The molecule has 4 fully saturated rings. The molecule has 34 heavy (non-hydrogen) atoms. The first-order valence-corrected chi connectivity index (χ1v) is 12.9. The lowest BCUT2D eigenvalue weighted by Crippen LogP contribution is -2.51. The van der Waals surface area contributed by atoms with Crippen molar-refractivity contribution in [2.24, 2.45) is 5.41 Å². The molecule has 1 N–H and O–H groups in total. The van der Waals surface area contributed by atoms with Gasteiger partial charge in [0.2, 0.25) is 0 Å². The summed E-state index contributed by atoms with van der Waals surface area (Å²) in [6.07, 6.45) is 7.14. The van der Waals surface area contributed by atoms with Gasteiger partial charge < -0.3 is 10.1 Å². The first-order valence-electron chi connectivity index (χ1n) is 12.9. The van der Waals surface area contributed by atoms with Crippen molar-refractivity contribution in [1.29, 1.82) is 0 Å². The van der Waals surface area contributed by atoms with Crippen LogP contribution >= 0.6 is 0 Å². The molecule has 178 valence electrons. The number of fused-ring (bicyclic) bond motifs is 3. The molecule has 2 aliphatic heterocycles. The van der Waals surface area contributed by atoms with Crippen LogP contribution in [0.5, 0.6) is 0 Å². The molecule has 2 aliphatic carbocycles. The molecule has 2 aromatic carbocycles. The molecule has 2 saturated heterocycles. The Kier molecular flexibility index (Phi) is 5.53. The summed E-state index contributed by atoms with van der Waals surface area (Å²) in [5.41, 5.74) is 6.49. The second-order valence-electron chi connectivity index (χ2n) is 10.7. The van der Waals surface area contributed by atoms with Gasteiger partial charge in [-0.1, -0.05) is 49.4 Å². The summed E-state index contributed by atoms with van der Waals surface area (Å²) >= 11 is 0. The third-order valence-corrected chi connectivity index (χ3v) is 8.57. The molecule has 3 aromatic rings. The standard InChI is InChI=1S/C28H35N5O/c1-4-20-10-7-9-19(3)25(20)33-27(30-31-32-33)26(28-14-12-21(13-15-28)34-17-28)29-24-16-23(24)22-11-6-5-8-18(22)2/h5-11,21,23-24,26,29H,4,12-17H2,1-3H3/t21?,23-,24+,26?,28?/m0/s1. The van der Waals surface area contributed by atoms with Crippen molar-refractivity contribution < 1.29 is 4.74 Å². The van der Waals surface area contributed by atoms with Gasteiger partial charge in [0, 0.05) is 17.4 Å². The van der Waals surface area contributed by atoms with Crippen LogP contribution in [-0.4, -0.2) is 39.0 Å². The van der Waals surface area contributed by atoms with Gasteiger partial charge in [0.15, 0.2) is 5.82 Å². The largest absolute Gasteiger partial charge is 0.378 e. The number of nitrogens with zero attached hydrogens (tertiary/aromatic N) is 4. The van der Waals surface area contributed by atoms with Crippen LogP contribution in [0, 0.1) is 19.3 Å². The lowest BCUT2D eigenvalue weighted by Gasteiger charge is -2.50. The van der Waals surface area contributed by atoms with E-state index in [1.54, 1.807) is 0 Å². The minimum absolute atomic E-state index is 0.0369. The highest BCUT2D eigenvalue weighted by atomic mass is 16.5. The maximum absolute atomic E-state index is 6.29. The third kappa shape index (κ3) is 3.68. The molecule has 7 rings (SSSR count). The number of para-hydroxylation sites is 1. The average molecular weight is 458 g/mol. The highest BCUT2D eigenvalue weighted by molar-refractivity contribution is 5.47. The van der Waals surface area contributed by atoms with Crippen LogP contribution in [0.4, 0.5) is 0 Å². The quantitative estimate of drug-likeness (QED) is 0.542. The summed E-state index contributed by atoms with van der Waals surface area (Å²) in [6.45, 7) is 7.37. The van der Waals surface area contributed by atoms with Gasteiger partial charge in [-0.25, -0.2) is 0 Å². The van der Waals surface area contributed by atoms with Crippen LogP contribution < -0.4 is 5.32 Å². The van der Waals surface area contributed by atoms with Crippen molar-refractivity contribution >= 4 is 0 Å². The number of tetrazole rings is 1. The second-order valence-corrected chi connectivity index (χ2v) is 10.7. The van der Waals surface area contributed by atoms with E-state index < -0.39 is 0 Å². The van der Waals surface area contributed by atoms with E-state index in [9.17, 15) is 0 Å². The molecule has 3 atom stereocenters. The van der Waals surface area contributed by atoms with E-state index in [2.05, 4.69) is 84.1 Å². The van der Waals surface area contributed by atoms with E-state index in [1.165, 1.54) is 35.1 Å². The lowest BCUT2D eigenvalue weighted by atomic mass is 9.66. The van der Waals surface area contributed by atoms with Crippen LogP contribution in [0.1, 0.15) is 79.1 Å². The van der Waals surface area contributed by atoms with E-state index in [4.69, 9.17) is 4.74 Å². The molecule has 1 aromatic heterocycles. The van der Waals surface area contributed by atoms with Gasteiger partial charge in [0.05, 0.1) is 24.4 Å². The Balaban J connectivity index is 1.39. The zero-order valence-electron chi connectivity index (χ0n) is 20.5. The molecule has 6 nitrogen and oxygen atoms in total. The fraction of sp³-hybridized carbons (Fsp3) is 0.536.